The quantitative estimate of drug-likeness (QED) is 0.338. The summed E-state index contributed by atoms with van der Waals surface area (Å²) in [6.45, 7) is 1.79. The molecular formula is C21H12F7NO. The maximum Gasteiger partial charge on any atom is 0.432 e. The third-order valence-corrected chi connectivity index (χ3v) is 3.98. The predicted molar refractivity (Wildman–Crippen MR) is 95.1 cm³/mol. The van der Waals surface area contributed by atoms with Gasteiger partial charge in [-0.25, -0.2) is 22.0 Å². The lowest BCUT2D eigenvalue weighted by atomic mass is 10.1. The Hall–Kier alpha value is -3.36. The van der Waals surface area contributed by atoms with Crippen LogP contribution in [-0.4, -0.2) is 4.98 Å². The lowest BCUT2D eigenvalue weighted by molar-refractivity contribution is -0.189. The van der Waals surface area contributed by atoms with E-state index in [4.69, 9.17) is 0 Å². The van der Waals surface area contributed by atoms with Gasteiger partial charge in [-0.2, -0.15) is 8.78 Å². The van der Waals surface area contributed by atoms with Crippen molar-refractivity contribution in [1.82, 2.24) is 4.98 Å². The maximum absolute atomic E-state index is 14.4. The van der Waals surface area contributed by atoms with Gasteiger partial charge < -0.3 is 4.74 Å². The molecule has 0 bridgehead atoms. The van der Waals surface area contributed by atoms with E-state index in [1.54, 1.807) is 25.1 Å². The van der Waals surface area contributed by atoms with Crippen LogP contribution in [0.2, 0.25) is 0 Å². The van der Waals surface area contributed by atoms with Gasteiger partial charge in [0.1, 0.15) is 22.9 Å². The summed E-state index contributed by atoms with van der Waals surface area (Å²) in [7, 11) is 0. The van der Waals surface area contributed by atoms with Crippen LogP contribution in [0.25, 0.3) is 17.3 Å². The molecule has 3 aromatic rings. The van der Waals surface area contributed by atoms with E-state index in [0.29, 0.717) is 12.1 Å². The molecule has 1 aromatic heterocycles. The lowest BCUT2D eigenvalue weighted by Crippen LogP contribution is -2.25. The number of benzene rings is 2. The highest BCUT2D eigenvalue weighted by Crippen LogP contribution is 2.37. The Bertz CT molecular complexity index is 1060. The molecule has 0 unspecified atom stereocenters. The van der Waals surface area contributed by atoms with Crippen molar-refractivity contribution in [1.29, 1.82) is 0 Å². The summed E-state index contributed by atoms with van der Waals surface area (Å²) in [5.74, 6) is -10.00. The normalized spacial score (nSPS) is 11.9. The highest BCUT2D eigenvalue weighted by Gasteiger charge is 2.41. The zero-order valence-corrected chi connectivity index (χ0v) is 15.2. The third kappa shape index (κ3) is 4.29. The molecule has 0 fully saturated rings. The topological polar surface area (TPSA) is 22.1 Å². The van der Waals surface area contributed by atoms with E-state index in [9.17, 15) is 30.7 Å². The second kappa shape index (κ2) is 8.17. The molecule has 0 amide bonds. The molecule has 0 saturated heterocycles. The summed E-state index contributed by atoms with van der Waals surface area (Å²) in [6.07, 6.45) is 0.271. The highest BCUT2D eigenvalue weighted by molar-refractivity contribution is 5.62. The van der Waals surface area contributed by atoms with Crippen LogP contribution in [0.4, 0.5) is 30.7 Å². The zero-order chi connectivity index (χ0) is 22.1. The van der Waals surface area contributed by atoms with Crippen molar-refractivity contribution in [2.75, 3.05) is 0 Å². The van der Waals surface area contributed by atoms with Crippen molar-refractivity contribution in [2.45, 2.75) is 13.0 Å². The first-order valence-electron chi connectivity index (χ1n) is 8.42. The van der Waals surface area contributed by atoms with Gasteiger partial charge in [0.25, 0.3) is 0 Å². The van der Waals surface area contributed by atoms with Gasteiger partial charge in [-0.1, -0.05) is 18.2 Å². The molecule has 0 aliphatic heterocycles. The van der Waals surface area contributed by atoms with Gasteiger partial charge in [0.05, 0.1) is 5.69 Å². The first kappa shape index (κ1) is 21.4. The molecule has 30 heavy (non-hydrogen) atoms. The van der Waals surface area contributed by atoms with E-state index >= 15 is 0 Å². The third-order valence-electron chi connectivity index (χ3n) is 3.98. The van der Waals surface area contributed by atoms with Gasteiger partial charge in [0, 0.05) is 23.9 Å². The SMILES string of the molecule is CC=Cc1ccc(-c2cc(F)c(C(F)(F)Oc3cc(F)c(F)c(F)c3)c(F)c2)nc1. The fraction of sp³-hybridized carbons (Fsp3) is 0.0952. The summed E-state index contributed by atoms with van der Waals surface area (Å²) in [6, 6.07) is 4.57. The van der Waals surface area contributed by atoms with Gasteiger partial charge in [-0.15, -0.1) is 0 Å². The standard InChI is InChI=1S/C21H12F7NO/c1-2-3-11-4-5-18(29-10-11)12-6-14(22)19(15(23)7-12)21(27,28)30-13-8-16(24)20(26)17(25)9-13/h2-10H,1H3. The summed E-state index contributed by atoms with van der Waals surface area (Å²) in [4.78, 5) is 4.01. The van der Waals surface area contributed by atoms with Crippen molar-refractivity contribution >= 4 is 6.08 Å². The molecular weight excluding hydrogens is 415 g/mol. The Morgan fingerprint density at radius 1 is 0.867 bits per heavy atom. The number of aromatic nitrogens is 1. The van der Waals surface area contributed by atoms with E-state index in [1.165, 1.54) is 12.3 Å². The second-order valence-corrected chi connectivity index (χ2v) is 6.11. The molecule has 0 atom stereocenters. The average Bonchev–Trinajstić information content (AvgIpc) is 2.65. The van der Waals surface area contributed by atoms with Crippen molar-refractivity contribution in [3.05, 3.63) is 88.9 Å². The smallest absolute Gasteiger partial charge is 0.429 e. The summed E-state index contributed by atoms with van der Waals surface area (Å²) in [5, 5.41) is 0. The van der Waals surface area contributed by atoms with E-state index in [2.05, 4.69) is 9.72 Å². The van der Waals surface area contributed by atoms with E-state index in [1.807, 2.05) is 0 Å². The molecule has 0 aliphatic rings. The van der Waals surface area contributed by atoms with Crippen LogP contribution in [0.3, 0.4) is 0 Å². The van der Waals surface area contributed by atoms with Crippen LogP contribution in [0.1, 0.15) is 18.1 Å². The minimum absolute atomic E-state index is 0.115. The van der Waals surface area contributed by atoms with E-state index < -0.39 is 46.5 Å². The van der Waals surface area contributed by atoms with Crippen LogP contribution in [0, 0.1) is 29.1 Å². The fourth-order valence-electron chi connectivity index (χ4n) is 2.66. The number of halogens is 7. The summed E-state index contributed by atoms with van der Waals surface area (Å²) in [5.41, 5.74) is -1.05. The number of hydrogen-bond acceptors (Lipinski definition) is 2. The predicted octanol–water partition coefficient (Wildman–Crippen LogP) is 6.61. The Kier molecular flexibility index (Phi) is 5.82. The van der Waals surface area contributed by atoms with Crippen molar-refractivity contribution in [2.24, 2.45) is 0 Å². The van der Waals surface area contributed by atoms with Crippen molar-refractivity contribution in [3.63, 3.8) is 0 Å². The molecule has 9 heteroatoms. The average molecular weight is 427 g/mol. The molecule has 0 aliphatic carbocycles. The number of nitrogens with zero attached hydrogens (tertiary/aromatic N) is 1. The van der Waals surface area contributed by atoms with Gasteiger partial charge in [-0.3, -0.25) is 4.98 Å². The summed E-state index contributed by atoms with van der Waals surface area (Å²) >= 11 is 0. The Morgan fingerprint density at radius 3 is 1.97 bits per heavy atom. The molecule has 2 aromatic carbocycles. The zero-order valence-electron chi connectivity index (χ0n) is 15.2. The molecule has 3 rings (SSSR count). The van der Waals surface area contributed by atoms with Gasteiger partial charge >= 0.3 is 6.11 Å². The van der Waals surface area contributed by atoms with Gasteiger partial charge in [-0.05, 0) is 30.7 Å². The minimum Gasteiger partial charge on any atom is -0.429 e. The lowest BCUT2D eigenvalue weighted by Gasteiger charge is -2.20. The first-order chi connectivity index (χ1) is 14.1. The number of ether oxygens (including phenoxy) is 1. The van der Waals surface area contributed by atoms with Crippen LogP contribution in [0.15, 0.2) is 48.7 Å². The van der Waals surface area contributed by atoms with E-state index in [-0.39, 0.29) is 23.4 Å². The molecule has 0 saturated carbocycles. The number of alkyl halides is 2. The first-order valence-corrected chi connectivity index (χ1v) is 8.42. The molecule has 1 heterocycles. The number of allylic oxidation sites excluding steroid dienone is 1. The minimum atomic E-state index is -4.65. The largest absolute Gasteiger partial charge is 0.432 e. The van der Waals surface area contributed by atoms with Gasteiger partial charge in [0.2, 0.25) is 0 Å². The van der Waals surface area contributed by atoms with Crippen molar-refractivity contribution in [3.8, 4) is 17.0 Å². The molecule has 0 spiro atoms. The molecule has 0 radical (unpaired) electrons. The number of hydrogen-bond donors (Lipinski definition) is 0. The van der Waals surface area contributed by atoms with Crippen LogP contribution in [-0.2, 0) is 6.11 Å². The summed E-state index contributed by atoms with van der Waals surface area (Å²) < 4.78 is 101. The van der Waals surface area contributed by atoms with Crippen LogP contribution in [0.5, 0.6) is 5.75 Å². The molecule has 156 valence electrons. The van der Waals surface area contributed by atoms with Crippen LogP contribution >= 0.6 is 0 Å². The second-order valence-electron chi connectivity index (χ2n) is 6.11. The fourth-order valence-corrected chi connectivity index (χ4v) is 2.66. The Morgan fingerprint density at radius 2 is 1.47 bits per heavy atom. The van der Waals surface area contributed by atoms with Crippen molar-refractivity contribution < 1.29 is 35.5 Å². The van der Waals surface area contributed by atoms with E-state index in [0.717, 1.165) is 5.56 Å². The highest BCUT2D eigenvalue weighted by atomic mass is 19.3. The Labute approximate surface area is 166 Å². The molecule has 2 nitrogen and oxygen atoms in total. The Balaban J connectivity index is 1.96. The van der Waals surface area contributed by atoms with Crippen LogP contribution < -0.4 is 4.74 Å². The monoisotopic (exact) mass is 427 g/mol. The molecule has 0 N–H and O–H groups in total. The number of rotatable bonds is 5. The van der Waals surface area contributed by atoms with Gasteiger partial charge in [0.15, 0.2) is 17.5 Å². The maximum atomic E-state index is 14.4. The number of pyridine rings is 1.